The van der Waals surface area contributed by atoms with Gasteiger partial charge in [-0.3, -0.25) is 0 Å². The van der Waals surface area contributed by atoms with Crippen LogP contribution < -0.4 is 9.64 Å². The molecule has 0 saturated carbocycles. The van der Waals surface area contributed by atoms with Gasteiger partial charge in [0.25, 0.3) is 0 Å². The van der Waals surface area contributed by atoms with Gasteiger partial charge in [0.2, 0.25) is 0 Å². The van der Waals surface area contributed by atoms with E-state index in [9.17, 15) is 4.79 Å². The molecule has 1 aromatic heterocycles. The summed E-state index contributed by atoms with van der Waals surface area (Å²) in [6, 6.07) is 8.07. The summed E-state index contributed by atoms with van der Waals surface area (Å²) >= 11 is 3.33. The minimum absolute atomic E-state index is 0.243. The fraction of sp³-hybridized carbons (Fsp3) is 0.500. The summed E-state index contributed by atoms with van der Waals surface area (Å²) in [6.07, 6.45) is 1.81. The highest BCUT2D eigenvalue weighted by atomic mass is 32.2. The van der Waals surface area contributed by atoms with E-state index in [0.717, 1.165) is 29.7 Å². The van der Waals surface area contributed by atoms with E-state index >= 15 is 0 Å². The Morgan fingerprint density at radius 2 is 1.86 bits per heavy atom. The van der Waals surface area contributed by atoms with E-state index in [-0.39, 0.29) is 6.09 Å². The maximum Gasteiger partial charge on any atom is 0.410 e. The number of aromatic nitrogens is 1. The summed E-state index contributed by atoms with van der Waals surface area (Å²) in [7, 11) is 0. The number of thioether (sulfide) groups is 1. The molecule has 2 heterocycles. The Bertz CT molecular complexity index is 779. The number of nitrogens with zero attached hydrogens (tertiary/aromatic N) is 3. The quantitative estimate of drug-likeness (QED) is 0.663. The minimum Gasteiger partial charge on any atom is -0.487 e. The van der Waals surface area contributed by atoms with Crippen LogP contribution >= 0.6 is 23.1 Å². The number of piperazine rings is 1. The smallest absolute Gasteiger partial charge is 0.410 e. The first-order valence-corrected chi connectivity index (χ1v) is 11.4. The second kappa shape index (κ2) is 9.05. The van der Waals surface area contributed by atoms with Crippen LogP contribution in [0.15, 0.2) is 34.5 Å². The van der Waals surface area contributed by atoms with Crippen LogP contribution in [0.4, 0.5) is 9.93 Å². The van der Waals surface area contributed by atoms with Crippen LogP contribution in [0.2, 0.25) is 0 Å². The summed E-state index contributed by atoms with van der Waals surface area (Å²) in [5.41, 5.74) is 0.456. The van der Waals surface area contributed by atoms with Gasteiger partial charge in [0.1, 0.15) is 18.0 Å². The van der Waals surface area contributed by atoms with E-state index in [1.54, 1.807) is 28.0 Å². The van der Waals surface area contributed by atoms with E-state index < -0.39 is 5.60 Å². The number of thiazole rings is 1. The van der Waals surface area contributed by atoms with Gasteiger partial charge >= 0.3 is 6.09 Å². The highest BCUT2D eigenvalue weighted by Crippen LogP contribution is 2.24. The molecule has 1 amide bonds. The Morgan fingerprint density at radius 1 is 1.18 bits per heavy atom. The van der Waals surface area contributed by atoms with Crippen LogP contribution in [0.3, 0.4) is 0 Å². The zero-order chi connectivity index (χ0) is 20.1. The molecule has 0 bridgehead atoms. The molecule has 6 nitrogen and oxygen atoms in total. The maximum atomic E-state index is 12.2. The number of anilines is 1. The van der Waals surface area contributed by atoms with E-state index in [2.05, 4.69) is 23.3 Å². The van der Waals surface area contributed by atoms with Crippen LogP contribution in [0.5, 0.6) is 5.75 Å². The van der Waals surface area contributed by atoms with E-state index in [4.69, 9.17) is 14.5 Å². The molecular weight excluding hydrogens is 394 g/mol. The van der Waals surface area contributed by atoms with Gasteiger partial charge < -0.3 is 19.3 Å². The van der Waals surface area contributed by atoms with Crippen LogP contribution in [-0.4, -0.2) is 54.0 Å². The van der Waals surface area contributed by atoms with Gasteiger partial charge in [-0.25, -0.2) is 9.78 Å². The van der Waals surface area contributed by atoms with Crippen molar-refractivity contribution >= 4 is 34.3 Å². The van der Waals surface area contributed by atoms with Crippen LogP contribution in [0.1, 0.15) is 26.5 Å². The van der Waals surface area contributed by atoms with E-state index in [0.29, 0.717) is 19.7 Å². The predicted octanol–water partition coefficient (Wildman–Crippen LogP) is 4.50. The van der Waals surface area contributed by atoms with Crippen LogP contribution in [-0.2, 0) is 11.3 Å². The van der Waals surface area contributed by atoms with Crippen molar-refractivity contribution in [2.75, 3.05) is 37.3 Å². The summed E-state index contributed by atoms with van der Waals surface area (Å²) < 4.78 is 11.3. The first kappa shape index (κ1) is 20.8. The lowest BCUT2D eigenvalue weighted by Gasteiger charge is -2.35. The SMILES string of the molecule is CSc1ccc(OCc2csc(N3CCN(C(=O)OC(C)(C)C)CC3)n2)cc1. The molecule has 1 aliphatic rings. The average molecular weight is 422 g/mol. The zero-order valence-corrected chi connectivity index (χ0v) is 18.4. The predicted molar refractivity (Wildman–Crippen MR) is 115 cm³/mol. The molecule has 3 rings (SSSR count). The van der Waals surface area contributed by atoms with Crippen molar-refractivity contribution in [3.8, 4) is 5.75 Å². The second-order valence-corrected chi connectivity index (χ2v) is 9.26. The van der Waals surface area contributed by atoms with Crippen molar-refractivity contribution in [1.29, 1.82) is 0 Å². The number of ether oxygens (including phenoxy) is 2. The van der Waals surface area contributed by atoms with E-state index in [1.165, 1.54) is 4.90 Å². The van der Waals surface area contributed by atoms with Gasteiger partial charge in [-0.15, -0.1) is 23.1 Å². The number of carbonyl (C=O) groups is 1. The molecule has 1 aromatic carbocycles. The Balaban J connectivity index is 1.48. The number of benzene rings is 1. The Hall–Kier alpha value is -1.93. The number of hydrogen-bond donors (Lipinski definition) is 0. The van der Waals surface area contributed by atoms with Gasteiger partial charge in [0.15, 0.2) is 5.13 Å². The molecule has 0 radical (unpaired) electrons. The largest absolute Gasteiger partial charge is 0.487 e. The Labute approximate surface area is 174 Å². The lowest BCUT2D eigenvalue weighted by molar-refractivity contribution is 0.0240. The third-order valence-electron chi connectivity index (χ3n) is 4.19. The first-order valence-electron chi connectivity index (χ1n) is 9.28. The van der Waals surface area contributed by atoms with E-state index in [1.807, 2.05) is 38.3 Å². The van der Waals surface area contributed by atoms with Crippen molar-refractivity contribution < 1.29 is 14.3 Å². The summed E-state index contributed by atoms with van der Waals surface area (Å²) in [5, 5.41) is 3.01. The van der Waals surface area contributed by atoms with Crippen molar-refractivity contribution in [3.05, 3.63) is 35.3 Å². The van der Waals surface area contributed by atoms with Crippen molar-refractivity contribution in [2.45, 2.75) is 37.9 Å². The first-order chi connectivity index (χ1) is 13.3. The molecular formula is C20H27N3O3S2. The Morgan fingerprint density at radius 3 is 2.46 bits per heavy atom. The molecule has 152 valence electrons. The molecule has 1 aliphatic heterocycles. The van der Waals surface area contributed by atoms with Gasteiger partial charge in [-0.2, -0.15) is 0 Å². The number of amides is 1. The Kier molecular flexibility index (Phi) is 6.72. The van der Waals surface area contributed by atoms with Crippen molar-refractivity contribution in [2.24, 2.45) is 0 Å². The molecule has 1 fully saturated rings. The normalized spacial score (nSPS) is 14.9. The standard InChI is InChI=1S/C20H27N3O3S2/c1-20(2,3)26-19(24)23-11-9-22(10-12-23)18-21-15(14-28-18)13-25-16-5-7-17(27-4)8-6-16/h5-8,14H,9-13H2,1-4H3. The molecule has 28 heavy (non-hydrogen) atoms. The van der Waals surface area contributed by atoms with Gasteiger partial charge in [-0.05, 0) is 51.3 Å². The number of rotatable bonds is 5. The van der Waals surface area contributed by atoms with Crippen molar-refractivity contribution in [3.63, 3.8) is 0 Å². The molecule has 2 aromatic rings. The highest BCUT2D eigenvalue weighted by Gasteiger charge is 2.26. The number of carbonyl (C=O) groups excluding carboxylic acids is 1. The maximum absolute atomic E-state index is 12.2. The summed E-state index contributed by atoms with van der Waals surface area (Å²) in [6.45, 7) is 8.90. The number of hydrogen-bond acceptors (Lipinski definition) is 7. The van der Waals surface area contributed by atoms with Crippen LogP contribution in [0.25, 0.3) is 0 Å². The molecule has 0 spiro atoms. The lowest BCUT2D eigenvalue weighted by atomic mass is 10.2. The molecule has 0 aliphatic carbocycles. The molecule has 8 heteroatoms. The van der Waals surface area contributed by atoms with Crippen LogP contribution in [0, 0.1) is 0 Å². The summed E-state index contributed by atoms with van der Waals surface area (Å²) in [5.74, 6) is 0.846. The fourth-order valence-corrected chi connectivity index (χ4v) is 4.02. The average Bonchev–Trinajstić information content (AvgIpc) is 3.14. The molecule has 0 unspecified atom stereocenters. The van der Waals surface area contributed by atoms with Crippen molar-refractivity contribution in [1.82, 2.24) is 9.88 Å². The monoisotopic (exact) mass is 421 g/mol. The molecule has 1 saturated heterocycles. The topological polar surface area (TPSA) is 54.9 Å². The van der Waals surface area contributed by atoms with Gasteiger partial charge in [-0.1, -0.05) is 0 Å². The fourth-order valence-electron chi connectivity index (χ4n) is 2.74. The molecule has 0 N–H and O–H groups in total. The molecule has 0 atom stereocenters. The third-order valence-corrected chi connectivity index (χ3v) is 5.88. The van der Waals surface area contributed by atoms with Gasteiger partial charge in [0, 0.05) is 36.5 Å². The summed E-state index contributed by atoms with van der Waals surface area (Å²) in [4.78, 5) is 22.1. The third kappa shape index (κ3) is 5.78. The minimum atomic E-state index is -0.464. The van der Waals surface area contributed by atoms with Gasteiger partial charge in [0.05, 0.1) is 5.69 Å². The highest BCUT2D eigenvalue weighted by molar-refractivity contribution is 7.98. The second-order valence-electron chi connectivity index (χ2n) is 7.54. The lowest BCUT2D eigenvalue weighted by Crippen LogP contribution is -2.50. The zero-order valence-electron chi connectivity index (χ0n) is 16.8.